The summed E-state index contributed by atoms with van der Waals surface area (Å²) in [4.78, 5) is 10.8. The van der Waals surface area contributed by atoms with Crippen molar-refractivity contribution < 1.29 is 9.90 Å². The normalized spacial score (nSPS) is 12.2. The van der Waals surface area contributed by atoms with Crippen LogP contribution in [0.2, 0.25) is 0 Å². The maximum atomic E-state index is 10.8. The predicted molar refractivity (Wildman–Crippen MR) is 54.8 cm³/mol. The van der Waals surface area contributed by atoms with Gasteiger partial charge in [-0.2, -0.15) is 0 Å². The molecule has 4 heteroatoms. The summed E-state index contributed by atoms with van der Waals surface area (Å²) >= 11 is 0. The van der Waals surface area contributed by atoms with E-state index in [0.29, 0.717) is 5.69 Å². The van der Waals surface area contributed by atoms with Crippen molar-refractivity contribution in [3.8, 4) is 0 Å². The number of hydrogen-bond acceptors (Lipinski definition) is 3. The predicted octanol–water partition coefficient (Wildman–Crippen LogP) is 0.637. The summed E-state index contributed by atoms with van der Waals surface area (Å²) < 4.78 is 0. The third kappa shape index (κ3) is 2.83. The van der Waals surface area contributed by atoms with Gasteiger partial charge in [0.1, 0.15) is 0 Å². The minimum absolute atomic E-state index is 0.108. The van der Waals surface area contributed by atoms with Crippen molar-refractivity contribution in [2.75, 3.05) is 11.9 Å². The highest BCUT2D eigenvalue weighted by Gasteiger charge is 2.04. The summed E-state index contributed by atoms with van der Waals surface area (Å²) in [5.74, 6) is -0.125. The Labute approximate surface area is 82.7 Å². The van der Waals surface area contributed by atoms with Crippen LogP contribution < -0.4 is 11.1 Å². The summed E-state index contributed by atoms with van der Waals surface area (Å²) in [5.41, 5.74) is 7.13. The molecule has 1 rings (SSSR count). The highest BCUT2D eigenvalue weighted by atomic mass is 16.3. The van der Waals surface area contributed by atoms with Gasteiger partial charge in [-0.25, -0.2) is 0 Å². The fraction of sp³-hybridized carbons (Fsp3) is 0.300. The molecule has 76 valence electrons. The van der Waals surface area contributed by atoms with Crippen LogP contribution in [0.25, 0.3) is 0 Å². The zero-order chi connectivity index (χ0) is 10.6. The van der Waals surface area contributed by atoms with Gasteiger partial charge < -0.3 is 16.2 Å². The van der Waals surface area contributed by atoms with Crippen LogP contribution in [-0.4, -0.2) is 17.6 Å². The van der Waals surface area contributed by atoms with Gasteiger partial charge >= 0.3 is 0 Å². The van der Waals surface area contributed by atoms with Crippen LogP contribution in [0.4, 0.5) is 5.69 Å². The minimum Gasteiger partial charge on any atom is -0.394 e. The van der Waals surface area contributed by atoms with Gasteiger partial charge in [0, 0.05) is 12.6 Å². The first-order chi connectivity index (χ1) is 6.63. The number of rotatable bonds is 3. The number of aliphatic hydroxyl groups is 1. The first-order valence-corrected chi connectivity index (χ1v) is 4.37. The number of benzene rings is 1. The number of hydrogen-bond donors (Lipinski definition) is 3. The fourth-order valence-corrected chi connectivity index (χ4v) is 1.16. The molecule has 0 saturated heterocycles. The van der Waals surface area contributed by atoms with E-state index in [1.165, 1.54) is 6.92 Å². The molecule has 1 amide bonds. The Hall–Kier alpha value is -1.39. The molecule has 0 aliphatic rings. The van der Waals surface area contributed by atoms with Crippen LogP contribution in [0, 0.1) is 0 Å². The van der Waals surface area contributed by atoms with Gasteiger partial charge in [-0.1, -0.05) is 12.1 Å². The Bertz CT molecular complexity index is 326. The Kier molecular flexibility index (Phi) is 3.62. The van der Waals surface area contributed by atoms with E-state index in [2.05, 4.69) is 5.32 Å². The van der Waals surface area contributed by atoms with Crippen LogP contribution in [-0.2, 0) is 4.79 Å². The van der Waals surface area contributed by atoms with E-state index in [9.17, 15) is 4.79 Å². The van der Waals surface area contributed by atoms with Crippen molar-refractivity contribution in [3.63, 3.8) is 0 Å². The van der Waals surface area contributed by atoms with Crippen molar-refractivity contribution in [1.82, 2.24) is 0 Å². The molecule has 1 aromatic carbocycles. The lowest BCUT2D eigenvalue weighted by atomic mass is 10.1. The monoisotopic (exact) mass is 194 g/mol. The third-order valence-electron chi connectivity index (χ3n) is 1.83. The van der Waals surface area contributed by atoms with Gasteiger partial charge in [0.05, 0.1) is 12.6 Å². The highest BCUT2D eigenvalue weighted by Crippen LogP contribution is 2.15. The Balaban J connectivity index is 2.83. The molecule has 1 atom stereocenters. The average molecular weight is 194 g/mol. The second-order valence-electron chi connectivity index (χ2n) is 3.10. The van der Waals surface area contributed by atoms with Gasteiger partial charge in [-0.15, -0.1) is 0 Å². The largest absolute Gasteiger partial charge is 0.394 e. The quantitative estimate of drug-likeness (QED) is 0.660. The molecule has 0 aliphatic carbocycles. The van der Waals surface area contributed by atoms with E-state index in [1.807, 2.05) is 6.07 Å². The smallest absolute Gasteiger partial charge is 0.221 e. The highest BCUT2D eigenvalue weighted by molar-refractivity contribution is 5.88. The van der Waals surface area contributed by atoms with Gasteiger partial charge in [0.15, 0.2) is 0 Å². The van der Waals surface area contributed by atoms with Gasteiger partial charge in [0.2, 0.25) is 5.91 Å². The molecular weight excluding hydrogens is 180 g/mol. The lowest BCUT2D eigenvalue weighted by Gasteiger charge is -2.10. The summed E-state index contributed by atoms with van der Waals surface area (Å²) in [5, 5.41) is 11.5. The molecule has 4 N–H and O–H groups in total. The average Bonchev–Trinajstić information content (AvgIpc) is 2.16. The molecular formula is C10H14N2O2. The zero-order valence-corrected chi connectivity index (χ0v) is 8.03. The molecule has 0 spiro atoms. The molecule has 0 saturated carbocycles. The van der Waals surface area contributed by atoms with Crippen LogP contribution in [0.15, 0.2) is 24.3 Å². The SMILES string of the molecule is CC(=O)Nc1cccc([C@@H](N)CO)c1. The Morgan fingerprint density at radius 3 is 2.93 bits per heavy atom. The standard InChI is InChI=1S/C10H14N2O2/c1-7(14)12-9-4-2-3-8(5-9)10(11)6-13/h2-5,10,13H,6,11H2,1H3,(H,12,14)/t10-/m0/s1. The summed E-state index contributed by atoms with van der Waals surface area (Å²) in [6.45, 7) is 1.34. The lowest BCUT2D eigenvalue weighted by Crippen LogP contribution is -2.15. The fourth-order valence-electron chi connectivity index (χ4n) is 1.16. The first kappa shape index (κ1) is 10.7. The number of amides is 1. The van der Waals surface area contributed by atoms with Gasteiger partial charge in [0.25, 0.3) is 0 Å². The maximum absolute atomic E-state index is 10.8. The van der Waals surface area contributed by atoms with Crippen molar-refractivity contribution in [2.24, 2.45) is 5.73 Å². The van der Waals surface area contributed by atoms with E-state index >= 15 is 0 Å². The number of anilines is 1. The van der Waals surface area contributed by atoms with E-state index in [4.69, 9.17) is 10.8 Å². The molecule has 0 bridgehead atoms. The van der Waals surface area contributed by atoms with Gasteiger partial charge in [-0.05, 0) is 17.7 Å². The van der Waals surface area contributed by atoms with E-state index in [-0.39, 0.29) is 12.5 Å². The van der Waals surface area contributed by atoms with Crippen LogP contribution >= 0.6 is 0 Å². The number of nitrogens with two attached hydrogens (primary N) is 1. The van der Waals surface area contributed by atoms with E-state index < -0.39 is 6.04 Å². The first-order valence-electron chi connectivity index (χ1n) is 4.37. The number of carbonyl (C=O) groups is 1. The molecule has 0 aliphatic heterocycles. The van der Waals surface area contributed by atoms with Crippen molar-refractivity contribution in [2.45, 2.75) is 13.0 Å². The van der Waals surface area contributed by atoms with Crippen molar-refractivity contribution in [3.05, 3.63) is 29.8 Å². The van der Waals surface area contributed by atoms with Crippen LogP contribution in [0.1, 0.15) is 18.5 Å². The molecule has 14 heavy (non-hydrogen) atoms. The third-order valence-corrected chi connectivity index (χ3v) is 1.83. The number of nitrogens with one attached hydrogen (secondary N) is 1. The number of carbonyl (C=O) groups excluding carboxylic acids is 1. The van der Waals surface area contributed by atoms with Crippen LogP contribution in [0.3, 0.4) is 0 Å². The summed E-state index contributed by atoms with van der Waals surface area (Å²) in [6.07, 6.45) is 0. The zero-order valence-electron chi connectivity index (χ0n) is 8.03. The molecule has 0 heterocycles. The van der Waals surface area contributed by atoms with Crippen LogP contribution in [0.5, 0.6) is 0 Å². The molecule has 4 nitrogen and oxygen atoms in total. The molecule has 0 fully saturated rings. The summed E-state index contributed by atoms with van der Waals surface area (Å²) in [7, 11) is 0. The second kappa shape index (κ2) is 4.74. The second-order valence-corrected chi connectivity index (χ2v) is 3.10. The Morgan fingerprint density at radius 1 is 1.64 bits per heavy atom. The maximum Gasteiger partial charge on any atom is 0.221 e. The summed E-state index contributed by atoms with van der Waals surface area (Å²) in [6, 6.07) is 6.73. The van der Waals surface area contributed by atoms with Gasteiger partial charge in [-0.3, -0.25) is 4.79 Å². The molecule has 1 aromatic rings. The minimum atomic E-state index is -0.399. The molecule has 0 aromatic heterocycles. The topological polar surface area (TPSA) is 75.4 Å². The lowest BCUT2D eigenvalue weighted by molar-refractivity contribution is -0.114. The van der Waals surface area contributed by atoms with E-state index in [0.717, 1.165) is 5.56 Å². The Morgan fingerprint density at radius 2 is 2.36 bits per heavy atom. The molecule has 0 unspecified atom stereocenters. The molecule has 0 radical (unpaired) electrons. The van der Waals surface area contributed by atoms with E-state index in [1.54, 1.807) is 18.2 Å². The van der Waals surface area contributed by atoms with Crippen molar-refractivity contribution >= 4 is 11.6 Å². The van der Waals surface area contributed by atoms with Crippen molar-refractivity contribution in [1.29, 1.82) is 0 Å². The number of aliphatic hydroxyl groups excluding tert-OH is 1.